The van der Waals surface area contributed by atoms with Crippen LogP contribution < -0.4 is 0 Å². The molecular formula is C16H7Cl6NOS. The lowest BCUT2D eigenvalue weighted by Crippen LogP contribution is -1.88. The Kier molecular flexibility index (Phi) is 6.09. The van der Waals surface area contributed by atoms with Crippen molar-refractivity contribution >= 4 is 80.9 Å². The van der Waals surface area contributed by atoms with Gasteiger partial charge in [-0.1, -0.05) is 69.6 Å². The number of aliphatic hydroxyl groups is 1. The molecule has 0 saturated carbocycles. The summed E-state index contributed by atoms with van der Waals surface area (Å²) in [6.07, 6.45) is 0. The zero-order chi connectivity index (χ0) is 18.3. The SMILES string of the molecule is OCc1sc(-c2cc(Cl)c(Cl)cc2Cl)nc1-c1cc(Cl)c(Cl)cc1Cl. The predicted octanol–water partition coefficient (Wildman–Crippen LogP) is 7.89. The Morgan fingerprint density at radius 2 is 1.20 bits per heavy atom. The van der Waals surface area contributed by atoms with Gasteiger partial charge in [-0.2, -0.15) is 0 Å². The van der Waals surface area contributed by atoms with E-state index < -0.39 is 0 Å². The summed E-state index contributed by atoms with van der Waals surface area (Å²) in [5.74, 6) is 0. The number of nitrogens with zero attached hydrogens (tertiary/aromatic N) is 1. The Morgan fingerprint density at radius 1 is 0.720 bits per heavy atom. The van der Waals surface area contributed by atoms with E-state index >= 15 is 0 Å². The van der Waals surface area contributed by atoms with E-state index in [2.05, 4.69) is 4.98 Å². The number of halogens is 6. The first kappa shape index (κ1) is 19.5. The van der Waals surface area contributed by atoms with Crippen molar-refractivity contribution in [2.45, 2.75) is 6.61 Å². The average molecular weight is 474 g/mol. The Morgan fingerprint density at radius 3 is 1.76 bits per heavy atom. The summed E-state index contributed by atoms with van der Waals surface area (Å²) >= 11 is 37.9. The van der Waals surface area contributed by atoms with Crippen molar-refractivity contribution in [1.29, 1.82) is 0 Å². The lowest BCUT2D eigenvalue weighted by Gasteiger charge is -2.06. The van der Waals surface area contributed by atoms with E-state index in [-0.39, 0.29) is 6.61 Å². The molecule has 0 saturated heterocycles. The van der Waals surface area contributed by atoms with Crippen LogP contribution in [0.2, 0.25) is 30.1 Å². The molecule has 25 heavy (non-hydrogen) atoms. The molecule has 0 fully saturated rings. The molecule has 0 aliphatic heterocycles. The summed E-state index contributed by atoms with van der Waals surface area (Å²) in [6.45, 7) is -0.220. The van der Waals surface area contributed by atoms with Gasteiger partial charge in [0.15, 0.2) is 0 Å². The first-order valence-electron chi connectivity index (χ1n) is 6.72. The van der Waals surface area contributed by atoms with Crippen LogP contribution in [-0.2, 0) is 6.61 Å². The molecule has 1 N–H and O–H groups in total. The summed E-state index contributed by atoms with van der Waals surface area (Å²) < 4.78 is 0. The Labute approximate surface area is 177 Å². The first-order valence-corrected chi connectivity index (χ1v) is 9.80. The van der Waals surface area contributed by atoms with Crippen LogP contribution in [0.15, 0.2) is 24.3 Å². The summed E-state index contributed by atoms with van der Waals surface area (Å²) in [7, 11) is 0. The van der Waals surface area contributed by atoms with Crippen molar-refractivity contribution in [2.24, 2.45) is 0 Å². The minimum Gasteiger partial charge on any atom is -0.391 e. The fourth-order valence-corrected chi connectivity index (χ4v) is 4.47. The highest BCUT2D eigenvalue weighted by Gasteiger charge is 2.19. The zero-order valence-electron chi connectivity index (χ0n) is 12.1. The second kappa shape index (κ2) is 7.79. The second-order valence-corrected chi connectivity index (χ2v) is 8.47. The van der Waals surface area contributed by atoms with E-state index in [9.17, 15) is 5.11 Å². The summed E-state index contributed by atoms with van der Waals surface area (Å²) in [5.41, 5.74) is 1.69. The fourth-order valence-electron chi connectivity index (χ4n) is 2.18. The van der Waals surface area contributed by atoms with Gasteiger partial charge in [0.2, 0.25) is 0 Å². The molecule has 3 aromatic rings. The van der Waals surface area contributed by atoms with E-state index in [0.29, 0.717) is 56.8 Å². The second-order valence-electron chi connectivity index (χ2n) is 4.94. The number of aromatic nitrogens is 1. The normalized spacial score (nSPS) is 11.2. The topological polar surface area (TPSA) is 33.1 Å². The van der Waals surface area contributed by atoms with Crippen molar-refractivity contribution in [1.82, 2.24) is 4.98 Å². The lowest BCUT2D eigenvalue weighted by atomic mass is 10.1. The molecular weight excluding hydrogens is 467 g/mol. The number of benzene rings is 2. The van der Waals surface area contributed by atoms with Gasteiger partial charge in [-0.3, -0.25) is 0 Å². The third-order valence-corrected chi connectivity index (χ3v) is 6.49. The van der Waals surface area contributed by atoms with Crippen LogP contribution in [0.25, 0.3) is 21.8 Å². The van der Waals surface area contributed by atoms with Crippen molar-refractivity contribution in [3.8, 4) is 21.8 Å². The van der Waals surface area contributed by atoms with Crippen LogP contribution in [-0.4, -0.2) is 10.1 Å². The van der Waals surface area contributed by atoms with Gasteiger partial charge < -0.3 is 5.11 Å². The van der Waals surface area contributed by atoms with Gasteiger partial charge in [-0.25, -0.2) is 4.98 Å². The summed E-state index contributed by atoms with van der Waals surface area (Å²) in [4.78, 5) is 5.18. The molecule has 2 nitrogen and oxygen atoms in total. The van der Waals surface area contributed by atoms with Crippen molar-refractivity contribution in [3.05, 3.63) is 59.3 Å². The average Bonchev–Trinajstić information content (AvgIpc) is 2.98. The zero-order valence-corrected chi connectivity index (χ0v) is 17.4. The minimum atomic E-state index is -0.220. The maximum atomic E-state index is 9.71. The van der Waals surface area contributed by atoms with Crippen LogP contribution in [0.5, 0.6) is 0 Å². The highest BCUT2D eigenvalue weighted by atomic mass is 35.5. The number of thiazole rings is 1. The molecule has 0 aliphatic rings. The summed E-state index contributed by atoms with van der Waals surface area (Å²) in [6, 6.07) is 6.33. The largest absolute Gasteiger partial charge is 0.391 e. The Hall–Kier alpha value is -0.230. The molecule has 2 aromatic carbocycles. The van der Waals surface area contributed by atoms with Gasteiger partial charge >= 0.3 is 0 Å². The highest BCUT2D eigenvalue weighted by molar-refractivity contribution is 7.15. The number of aliphatic hydroxyl groups excluding tert-OH is 1. The van der Waals surface area contributed by atoms with Crippen LogP contribution in [0.1, 0.15) is 4.88 Å². The standard InChI is InChI=1S/C16H7Cl6NOS/c17-8-3-12(21)10(19)1-6(8)15-14(5-24)25-16(23-15)7-2-11(20)13(22)4-9(7)18/h1-4,24H,5H2. The maximum absolute atomic E-state index is 9.71. The van der Waals surface area contributed by atoms with Gasteiger partial charge in [-0.15, -0.1) is 11.3 Å². The quantitative estimate of drug-likeness (QED) is 0.392. The molecule has 0 spiro atoms. The van der Waals surface area contributed by atoms with E-state index in [1.807, 2.05) is 0 Å². The molecule has 0 unspecified atom stereocenters. The van der Waals surface area contributed by atoms with Gasteiger partial charge in [-0.05, 0) is 24.3 Å². The molecule has 0 amide bonds. The first-order chi connectivity index (χ1) is 11.8. The summed E-state index contributed by atoms with van der Waals surface area (Å²) in [5, 5.41) is 12.4. The fraction of sp³-hybridized carbons (Fsp3) is 0.0625. The molecule has 1 heterocycles. The lowest BCUT2D eigenvalue weighted by molar-refractivity contribution is 0.286. The Balaban J connectivity index is 2.19. The Bertz CT molecular complexity index is 972. The molecule has 1 aromatic heterocycles. The minimum absolute atomic E-state index is 0.220. The molecule has 3 rings (SSSR count). The van der Waals surface area contributed by atoms with Crippen LogP contribution >= 0.6 is 80.9 Å². The molecule has 0 radical (unpaired) electrons. The van der Waals surface area contributed by atoms with E-state index in [4.69, 9.17) is 69.6 Å². The van der Waals surface area contributed by atoms with Gasteiger partial charge in [0, 0.05) is 11.1 Å². The van der Waals surface area contributed by atoms with Crippen molar-refractivity contribution < 1.29 is 5.11 Å². The van der Waals surface area contributed by atoms with E-state index in [1.54, 1.807) is 18.2 Å². The van der Waals surface area contributed by atoms with Gasteiger partial charge in [0.05, 0.1) is 47.3 Å². The molecule has 0 atom stereocenters. The number of hydrogen-bond acceptors (Lipinski definition) is 3. The smallest absolute Gasteiger partial charge is 0.125 e. The maximum Gasteiger partial charge on any atom is 0.125 e. The molecule has 0 bridgehead atoms. The highest BCUT2D eigenvalue weighted by Crippen LogP contribution is 2.42. The van der Waals surface area contributed by atoms with Crippen LogP contribution in [0.3, 0.4) is 0 Å². The molecule has 0 aliphatic carbocycles. The molecule has 130 valence electrons. The van der Waals surface area contributed by atoms with Crippen molar-refractivity contribution in [2.75, 3.05) is 0 Å². The predicted molar refractivity (Wildman–Crippen MR) is 109 cm³/mol. The third-order valence-electron chi connectivity index (χ3n) is 3.35. The van der Waals surface area contributed by atoms with Gasteiger partial charge in [0.1, 0.15) is 5.01 Å². The van der Waals surface area contributed by atoms with E-state index in [1.165, 1.54) is 17.4 Å². The van der Waals surface area contributed by atoms with E-state index in [0.717, 1.165) is 0 Å². The van der Waals surface area contributed by atoms with Crippen LogP contribution in [0.4, 0.5) is 0 Å². The monoisotopic (exact) mass is 471 g/mol. The molecule has 9 heteroatoms. The van der Waals surface area contributed by atoms with Crippen molar-refractivity contribution in [3.63, 3.8) is 0 Å². The van der Waals surface area contributed by atoms with Crippen LogP contribution in [0, 0.1) is 0 Å². The third kappa shape index (κ3) is 3.90. The van der Waals surface area contributed by atoms with Gasteiger partial charge in [0.25, 0.3) is 0 Å². The number of hydrogen-bond donors (Lipinski definition) is 1. The number of rotatable bonds is 3.